The SMILES string of the molecule is CCCCNC(=O)C1(NC(=O)c2ccc(NC(=O)NC(C)C)cc2)CCCCC1. The highest BCUT2D eigenvalue weighted by molar-refractivity contribution is 6.00. The maximum Gasteiger partial charge on any atom is 0.319 e. The first-order valence-electron chi connectivity index (χ1n) is 10.6. The smallest absolute Gasteiger partial charge is 0.319 e. The van der Waals surface area contributed by atoms with Gasteiger partial charge in [-0.2, -0.15) is 0 Å². The molecule has 0 spiro atoms. The third-order valence-electron chi connectivity index (χ3n) is 5.14. The van der Waals surface area contributed by atoms with Gasteiger partial charge in [0.2, 0.25) is 5.91 Å². The molecule has 29 heavy (non-hydrogen) atoms. The molecule has 2 rings (SSSR count). The summed E-state index contributed by atoms with van der Waals surface area (Å²) in [5.41, 5.74) is 0.229. The van der Waals surface area contributed by atoms with Gasteiger partial charge in [0.15, 0.2) is 0 Å². The summed E-state index contributed by atoms with van der Waals surface area (Å²) >= 11 is 0. The number of anilines is 1. The van der Waals surface area contributed by atoms with Crippen molar-refractivity contribution in [3.8, 4) is 0 Å². The van der Waals surface area contributed by atoms with Gasteiger partial charge < -0.3 is 21.3 Å². The van der Waals surface area contributed by atoms with Gasteiger partial charge in [-0.15, -0.1) is 0 Å². The van der Waals surface area contributed by atoms with Crippen molar-refractivity contribution in [2.24, 2.45) is 0 Å². The second-order valence-electron chi connectivity index (χ2n) is 8.04. The number of carbonyl (C=O) groups excluding carboxylic acids is 3. The molecule has 0 heterocycles. The van der Waals surface area contributed by atoms with Crippen LogP contribution in [-0.2, 0) is 4.79 Å². The highest BCUT2D eigenvalue weighted by Crippen LogP contribution is 2.29. The van der Waals surface area contributed by atoms with Crippen molar-refractivity contribution >= 4 is 23.5 Å². The van der Waals surface area contributed by atoms with E-state index in [1.165, 1.54) is 0 Å². The maximum absolute atomic E-state index is 12.8. The summed E-state index contributed by atoms with van der Waals surface area (Å²) < 4.78 is 0. The molecule has 1 aromatic rings. The van der Waals surface area contributed by atoms with E-state index in [0.717, 1.165) is 32.1 Å². The van der Waals surface area contributed by atoms with Crippen LogP contribution < -0.4 is 21.3 Å². The number of benzene rings is 1. The van der Waals surface area contributed by atoms with Crippen molar-refractivity contribution < 1.29 is 14.4 Å². The molecule has 0 aliphatic heterocycles. The van der Waals surface area contributed by atoms with E-state index < -0.39 is 5.54 Å². The Morgan fingerprint density at radius 3 is 2.28 bits per heavy atom. The van der Waals surface area contributed by atoms with Gasteiger partial charge in [0.05, 0.1) is 0 Å². The molecule has 4 amide bonds. The van der Waals surface area contributed by atoms with Gasteiger partial charge in [-0.25, -0.2) is 4.79 Å². The summed E-state index contributed by atoms with van der Waals surface area (Å²) in [6.45, 7) is 6.47. The van der Waals surface area contributed by atoms with Gasteiger partial charge in [-0.1, -0.05) is 32.6 Å². The van der Waals surface area contributed by atoms with Crippen molar-refractivity contribution in [3.05, 3.63) is 29.8 Å². The van der Waals surface area contributed by atoms with Gasteiger partial charge in [0.1, 0.15) is 5.54 Å². The molecule has 7 nitrogen and oxygen atoms in total. The molecule has 0 unspecified atom stereocenters. The van der Waals surface area contributed by atoms with Crippen molar-refractivity contribution in [1.82, 2.24) is 16.0 Å². The molecule has 0 atom stereocenters. The van der Waals surface area contributed by atoms with Crippen LogP contribution in [0.5, 0.6) is 0 Å². The number of nitrogens with one attached hydrogen (secondary N) is 4. The lowest BCUT2D eigenvalue weighted by molar-refractivity contribution is -0.128. The second-order valence-corrected chi connectivity index (χ2v) is 8.04. The molecule has 0 saturated heterocycles. The van der Waals surface area contributed by atoms with Crippen LogP contribution in [-0.4, -0.2) is 36.0 Å². The Morgan fingerprint density at radius 2 is 1.69 bits per heavy atom. The summed E-state index contributed by atoms with van der Waals surface area (Å²) in [4.78, 5) is 37.5. The van der Waals surface area contributed by atoms with Gasteiger partial charge >= 0.3 is 6.03 Å². The average Bonchev–Trinajstić information content (AvgIpc) is 2.68. The largest absolute Gasteiger partial charge is 0.354 e. The molecule has 0 aromatic heterocycles. The summed E-state index contributed by atoms with van der Waals surface area (Å²) in [7, 11) is 0. The summed E-state index contributed by atoms with van der Waals surface area (Å²) in [5, 5.41) is 11.5. The molecule has 7 heteroatoms. The molecular weight excluding hydrogens is 368 g/mol. The number of amides is 4. The number of carbonyl (C=O) groups is 3. The van der Waals surface area contributed by atoms with Crippen LogP contribution >= 0.6 is 0 Å². The molecule has 1 fully saturated rings. The molecule has 4 N–H and O–H groups in total. The zero-order valence-corrected chi connectivity index (χ0v) is 17.8. The fourth-order valence-electron chi connectivity index (χ4n) is 3.54. The second kappa shape index (κ2) is 10.8. The van der Waals surface area contributed by atoms with Crippen molar-refractivity contribution in [2.75, 3.05) is 11.9 Å². The van der Waals surface area contributed by atoms with Crippen molar-refractivity contribution in [3.63, 3.8) is 0 Å². The number of hydrogen-bond acceptors (Lipinski definition) is 3. The molecule has 0 bridgehead atoms. The Kier molecular flexibility index (Phi) is 8.49. The summed E-state index contributed by atoms with van der Waals surface area (Å²) in [5.74, 6) is -0.349. The van der Waals surface area contributed by atoms with E-state index in [0.29, 0.717) is 30.6 Å². The summed E-state index contributed by atoms with van der Waals surface area (Å²) in [6.07, 6.45) is 6.19. The summed E-state index contributed by atoms with van der Waals surface area (Å²) in [6, 6.07) is 6.43. The molecule has 1 aromatic carbocycles. The van der Waals surface area contributed by atoms with Crippen LogP contribution in [0.2, 0.25) is 0 Å². The quantitative estimate of drug-likeness (QED) is 0.500. The normalized spacial score (nSPS) is 15.4. The predicted octanol–water partition coefficient (Wildman–Crippen LogP) is 3.57. The van der Waals surface area contributed by atoms with Gasteiger partial charge in [0, 0.05) is 23.8 Å². The first-order valence-corrected chi connectivity index (χ1v) is 10.6. The standard InChI is InChI=1S/C22H34N4O3/c1-4-5-15-23-20(28)22(13-7-6-8-14-22)26-19(27)17-9-11-18(12-10-17)25-21(29)24-16(2)3/h9-12,16H,4-8,13-15H2,1-3H3,(H,23,28)(H,26,27)(H2,24,25,29). The number of rotatable bonds is 8. The zero-order chi connectivity index (χ0) is 21.3. The lowest BCUT2D eigenvalue weighted by Gasteiger charge is -2.36. The molecule has 1 saturated carbocycles. The van der Waals surface area contributed by atoms with Crippen LogP contribution in [0.3, 0.4) is 0 Å². The number of urea groups is 1. The Labute approximate surface area is 173 Å². The molecule has 1 aliphatic rings. The van der Waals surface area contributed by atoms with E-state index in [-0.39, 0.29) is 23.9 Å². The molecule has 1 aliphatic carbocycles. The third-order valence-corrected chi connectivity index (χ3v) is 5.14. The maximum atomic E-state index is 12.8. The van der Waals surface area contributed by atoms with E-state index in [1.54, 1.807) is 24.3 Å². The van der Waals surface area contributed by atoms with Gasteiger partial charge in [-0.3, -0.25) is 9.59 Å². The Hall–Kier alpha value is -2.57. The molecular formula is C22H34N4O3. The van der Waals surface area contributed by atoms with E-state index in [1.807, 2.05) is 13.8 Å². The lowest BCUT2D eigenvalue weighted by atomic mass is 9.80. The van der Waals surface area contributed by atoms with E-state index in [2.05, 4.69) is 28.2 Å². The minimum atomic E-state index is -0.836. The van der Waals surface area contributed by atoms with Gasteiger partial charge in [0.25, 0.3) is 5.91 Å². The van der Waals surface area contributed by atoms with Gasteiger partial charge in [-0.05, 0) is 57.4 Å². The molecule has 0 radical (unpaired) electrons. The fraction of sp³-hybridized carbons (Fsp3) is 0.591. The highest BCUT2D eigenvalue weighted by Gasteiger charge is 2.40. The number of hydrogen-bond donors (Lipinski definition) is 4. The Balaban J connectivity index is 2.03. The minimum Gasteiger partial charge on any atom is -0.354 e. The Bertz CT molecular complexity index is 695. The van der Waals surface area contributed by atoms with Crippen molar-refractivity contribution in [1.29, 1.82) is 0 Å². The lowest BCUT2D eigenvalue weighted by Crippen LogP contribution is -2.59. The van der Waals surface area contributed by atoms with Crippen LogP contribution in [0.1, 0.15) is 76.1 Å². The first-order chi connectivity index (χ1) is 13.9. The van der Waals surface area contributed by atoms with E-state index in [4.69, 9.17) is 0 Å². The first kappa shape index (κ1) is 22.7. The third kappa shape index (κ3) is 6.76. The Morgan fingerprint density at radius 1 is 1.03 bits per heavy atom. The number of unbranched alkanes of at least 4 members (excludes halogenated alkanes) is 1. The molecule has 160 valence electrons. The van der Waals surface area contributed by atoms with Crippen LogP contribution in [0.25, 0.3) is 0 Å². The average molecular weight is 403 g/mol. The topological polar surface area (TPSA) is 99.3 Å². The van der Waals surface area contributed by atoms with Crippen LogP contribution in [0.4, 0.5) is 10.5 Å². The highest BCUT2D eigenvalue weighted by atomic mass is 16.2. The van der Waals surface area contributed by atoms with E-state index >= 15 is 0 Å². The van der Waals surface area contributed by atoms with Crippen molar-refractivity contribution in [2.45, 2.75) is 77.3 Å². The minimum absolute atomic E-state index is 0.0372. The van der Waals surface area contributed by atoms with Crippen LogP contribution in [0, 0.1) is 0 Å². The monoisotopic (exact) mass is 402 g/mol. The predicted molar refractivity (Wildman–Crippen MR) is 115 cm³/mol. The van der Waals surface area contributed by atoms with E-state index in [9.17, 15) is 14.4 Å². The zero-order valence-electron chi connectivity index (χ0n) is 17.8. The fourth-order valence-corrected chi connectivity index (χ4v) is 3.54. The van der Waals surface area contributed by atoms with Crippen LogP contribution in [0.15, 0.2) is 24.3 Å².